The van der Waals surface area contributed by atoms with E-state index in [0.29, 0.717) is 0 Å². The third kappa shape index (κ3) is 11.2. The monoisotopic (exact) mass is 457 g/mol. The third-order valence-corrected chi connectivity index (χ3v) is 4.07. The molecule has 4 unspecified atom stereocenters. The second kappa shape index (κ2) is 12.5. The molecular formula is C8H8O8S4Tc. The fourth-order valence-electron chi connectivity index (χ4n) is 0.516. The summed E-state index contributed by atoms with van der Waals surface area (Å²) in [6.45, 7) is 0. The molecule has 0 aromatic heterocycles. The van der Waals surface area contributed by atoms with Gasteiger partial charge >= 0.3 is 20.1 Å². The number of hydrogen-bond acceptors (Lipinski definition) is 12. The largest absolute Gasteiger partial charge is 4.00 e. The molecule has 119 valence electrons. The van der Waals surface area contributed by atoms with E-state index in [-0.39, 0.29) is 20.1 Å². The fourth-order valence-corrected chi connectivity index (χ4v) is 1.00. The second-order valence-corrected chi connectivity index (χ2v) is 5.28. The summed E-state index contributed by atoms with van der Waals surface area (Å²) >= 11 is 13.6. The van der Waals surface area contributed by atoms with Gasteiger partial charge in [0, 0.05) is 0 Å². The van der Waals surface area contributed by atoms with Gasteiger partial charge in [0.1, 0.15) is 0 Å². The van der Waals surface area contributed by atoms with Gasteiger partial charge in [0.15, 0.2) is 0 Å². The molecule has 13 heteroatoms. The van der Waals surface area contributed by atoms with Gasteiger partial charge in [0.05, 0.1) is 44.9 Å². The zero-order chi connectivity index (χ0) is 16.6. The topological polar surface area (TPSA) is 161 Å². The van der Waals surface area contributed by atoms with Crippen LogP contribution >= 0.6 is 50.5 Å². The van der Waals surface area contributed by atoms with Gasteiger partial charge in [0.2, 0.25) is 0 Å². The minimum Gasteiger partial charge on any atom is -0.549 e. The molecule has 4 atom stereocenters. The SMILES string of the molecule is O=C([O-])C(S)C(S)C(=O)[O-].O=C([O-])C(S)C(S)C(=O)[O-].[Tc+4]. The summed E-state index contributed by atoms with van der Waals surface area (Å²) in [5, 5.41) is 33.9. The number of aliphatic carboxylic acids is 4. The molecule has 1 radical (unpaired) electrons. The van der Waals surface area contributed by atoms with Gasteiger partial charge in [-0.2, -0.15) is 50.5 Å². The zero-order valence-corrected chi connectivity index (χ0v) is 15.2. The van der Waals surface area contributed by atoms with Crippen LogP contribution < -0.4 is 20.4 Å². The van der Waals surface area contributed by atoms with Crippen molar-refractivity contribution in [3.05, 3.63) is 0 Å². The Kier molecular flexibility index (Phi) is 15.4. The van der Waals surface area contributed by atoms with E-state index in [2.05, 4.69) is 50.5 Å². The van der Waals surface area contributed by atoms with Crippen molar-refractivity contribution in [2.45, 2.75) is 21.0 Å². The number of carboxylic acid groups (broad SMARTS) is 4. The number of thiol groups is 4. The normalized spacial score (nSPS) is 15.0. The molecule has 0 amide bonds. The maximum Gasteiger partial charge on any atom is 4.00 e. The van der Waals surface area contributed by atoms with Crippen LogP contribution in [0.1, 0.15) is 0 Å². The molecule has 0 aromatic rings. The first-order valence-electron chi connectivity index (χ1n) is 4.49. The summed E-state index contributed by atoms with van der Waals surface area (Å²) in [6, 6.07) is 0. The zero-order valence-electron chi connectivity index (χ0n) is 9.74. The van der Waals surface area contributed by atoms with Gasteiger partial charge in [-0.1, -0.05) is 0 Å². The first kappa shape index (κ1) is 25.9. The summed E-state index contributed by atoms with van der Waals surface area (Å²) in [5.74, 6) is -6.31. The van der Waals surface area contributed by atoms with E-state index < -0.39 is 44.9 Å². The molecule has 0 bridgehead atoms. The molecule has 0 spiro atoms. The average Bonchev–Trinajstić information content (AvgIpc) is 2.35. The van der Waals surface area contributed by atoms with E-state index in [1.54, 1.807) is 0 Å². The molecular weight excluding hydrogens is 450 g/mol. The van der Waals surface area contributed by atoms with Crippen LogP contribution in [0.4, 0.5) is 0 Å². The van der Waals surface area contributed by atoms with Crippen molar-refractivity contribution in [3.63, 3.8) is 0 Å². The van der Waals surface area contributed by atoms with Crippen LogP contribution in [0.5, 0.6) is 0 Å². The first-order valence-corrected chi connectivity index (χ1v) is 6.55. The predicted octanol–water partition coefficient (Wildman–Crippen LogP) is -5.84. The van der Waals surface area contributed by atoms with E-state index in [1.165, 1.54) is 0 Å². The number of hydrogen-bond donors (Lipinski definition) is 4. The molecule has 0 saturated heterocycles. The Bertz CT molecular complexity index is 320. The number of rotatable bonds is 6. The van der Waals surface area contributed by atoms with Crippen LogP contribution in [0.15, 0.2) is 0 Å². The van der Waals surface area contributed by atoms with Crippen molar-refractivity contribution >= 4 is 74.4 Å². The Hall–Kier alpha value is -0.0706. The molecule has 0 N–H and O–H groups in total. The molecule has 21 heavy (non-hydrogen) atoms. The summed E-state index contributed by atoms with van der Waals surface area (Å²) < 4.78 is 0. The minimum absolute atomic E-state index is 0. The van der Waals surface area contributed by atoms with Crippen molar-refractivity contribution < 1.29 is 59.7 Å². The van der Waals surface area contributed by atoms with Gasteiger partial charge in [-0.15, -0.1) is 0 Å². The van der Waals surface area contributed by atoms with Crippen molar-refractivity contribution in [1.29, 1.82) is 0 Å². The standard InChI is InChI=1S/2C4H6O4S2.Tc/c2*5-3(6)1(9)2(10)4(7)8;/h2*1-2,9-10H,(H,5,6)(H,7,8);/q;;+4/p-4. The molecule has 0 aliphatic carbocycles. The molecule has 8 nitrogen and oxygen atoms in total. The van der Waals surface area contributed by atoms with Crippen LogP contribution in [0, 0.1) is 0 Å². The maximum absolute atomic E-state index is 9.92. The Morgan fingerprint density at radius 2 is 0.619 bits per heavy atom. The van der Waals surface area contributed by atoms with Gasteiger partial charge in [0.25, 0.3) is 0 Å². The average molecular weight is 458 g/mol. The first-order chi connectivity index (χ1) is 8.93. The van der Waals surface area contributed by atoms with Crippen LogP contribution in [-0.4, -0.2) is 44.9 Å². The Morgan fingerprint density at radius 1 is 0.524 bits per heavy atom. The summed E-state index contributed by atoms with van der Waals surface area (Å²) in [6.07, 6.45) is 0. The van der Waals surface area contributed by atoms with Crippen molar-refractivity contribution in [2.24, 2.45) is 0 Å². The molecule has 0 aliphatic rings. The van der Waals surface area contributed by atoms with Gasteiger partial charge in [-0.3, -0.25) is 0 Å². The third-order valence-electron chi connectivity index (χ3n) is 1.56. The predicted molar refractivity (Wildman–Crippen MR) is 71.1 cm³/mol. The number of carboxylic acids is 4. The summed E-state index contributed by atoms with van der Waals surface area (Å²) in [7, 11) is 0. The molecule has 0 rings (SSSR count). The summed E-state index contributed by atoms with van der Waals surface area (Å²) in [5.41, 5.74) is 0. The summed E-state index contributed by atoms with van der Waals surface area (Å²) in [4.78, 5) is 39.7. The van der Waals surface area contributed by atoms with Gasteiger partial charge < -0.3 is 39.6 Å². The molecule has 0 heterocycles. The van der Waals surface area contributed by atoms with E-state index in [0.717, 1.165) is 0 Å². The van der Waals surface area contributed by atoms with Crippen LogP contribution in [0.3, 0.4) is 0 Å². The number of carbonyl (C=O) groups is 4. The van der Waals surface area contributed by atoms with Crippen LogP contribution in [0.2, 0.25) is 0 Å². The van der Waals surface area contributed by atoms with Crippen molar-refractivity contribution in [2.75, 3.05) is 0 Å². The van der Waals surface area contributed by atoms with Crippen molar-refractivity contribution in [3.8, 4) is 0 Å². The van der Waals surface area contributed by atoms with Crippen LogP contribution in [-0.2, 0) is 39.3 Å². The minimum atomic E-state index is -1.58. The molecule has 0 fully saturated rings. The molecule has 0 aromatic carbocycles. The maximum atomic E-state index is 9.92. The van der Waals surface area contributed by atoms with Crippen molar-refractivity contribution in [1.82, 2.24) is 0 Å². The van der Waals surface area contributed by atoms with E-state index in [4.69, 9.17) is 0 Å². The van der Waals surface area contributed by atoms with Gasteiger partial charge in [-0.05, 0) is 0 Å². The molecule has 0 aliphatic heterocycles. The Balaban J connectivity index is -0.000000295. The van der Waals surface area contributed by atoms with Crippen LogP contribution in [0.25, 0.3) is 0 Å². The van der Waals surface area contributed by atoms with E-state index in [9.17, 15) is 39.6 Å². The Labute approximate surface area is 154 Å². The molecule has 0 saturated carbocycles. The van der Waals surface area contributed by atoms with E-state index in [1.807, 2.05) is 0 Å². The fraction of sp³-hybridized carbons (Fsp3) is 0.500. The second-order valence-electron chi connectivity index (χ2n) is 3.06. The Morgan fingerprint density at radius 3 is 0.667 bits per heavy atom. The number of carbonyl (C=O) groups excluding carboxylic acids is 4. The van der Waals surface area contributed by atoms with Gasteiger partial charge in [-0.25, -0.2) is 0 Å². The smallest absolute Gasteiger partial charge is 0.549 e. The van der Waals surface area contributed by atoms with E-state index >= 15 is 0 Å². The quantitative estimate of drug-likeness (QED) is 0.286.